The lowest BCUT2D eigenvalue weighted by Gasteiger charge is -2.33. The predicted molar refractivity (Wildman–Crippen MR) is 56.9 cm³/mol. The summed E-state index contributed by atoms with van der Waals surface area (Å²) < 4.78 is 9.92. The van der Waals surface area contributed by atoms with E-state index in [-0.39, 0.29) is 18.9 Å². The maximum Gasteiger partial charge on any atom is 0.305 e. The summed E-state index contributed by atoms with van der Waals surface area (Å²) in [6.07, 6.45) is -0.164. The van der Waals surface area contributed by atoms with Gasteiger partial charge in [-0.2, -0.15) is 4.98 Å². The van der Waals surface area contributed by atoms with E-state index >= 15 is 0 Å². The summed E-state index contributed by atoms with van der Waals surface area (Å²) in [5.74, 6) is -1.17. The lowest BCUT2D eigenvalue weighted by atomic mass is 10.1. The van der Waals surface area contributed by atoms with Crippen molar-refractivity contribution < 1.29 is 24.0 Å². The van der Waals surface area contributed by atoms with Gasteiger partial charge >= 0.3 is 5.97 Å². The van der Waals surface area contributed by atoms with E-state index < -0.39 is 17.9 Å². The molecule has 1 aliphatic heterocycles. The molecule has 1 atom stereocenters. The van der Waals surface area contributed by atoms with Crippen LogP contribution in [0.25, 0.3) is 0 Å². The van der Waals surface area contributed by atoms with Crippen LogP contribution < -0.4 is 0 Å². The number of aliphatic carboxylic acids is 1. The topological polar surface area (TPSA) is 106 Å². The molecule has 8 heteroatoms. The van der Waals surface area contributed by atoms with Gasteiger partial charge in [-0.25, -0.2) is 0 Å². The second kappa shape index (κ2) is 5.13. The average molecular weight is 255 g/mol. The maximum atomic E-state index is 12.1. The van der Waals surface area contributed by atoms with Crippen LogP contribution >= 0.6 is 0 Å². The van der Waals surface area contributed by atoms with Crippen molar-refractivity contribution in [2.75, 3.05) is 19.8 Å². The number of carboxylic acid groups (broad SMARTS) is 1. The molecular formula is C10H13N3O5. The molecule has 1 aromatic heterocycles. The minimum atomic E-state index is -0.979. The van der Waals surface area contributed by atoms with Gasteiger partial charge in [0.2, 0.25) is 5.89 Å². The molecular weight excluding hydrogens is 242 g/mol. The van der Waals surface area contributed by atoms with Crippen molar-refractivity contribution in [3.05, 3.63) is 11.7 Å². The van der Waals surface area contributed by atoms with Crippen molar-refractivity contribution >= 4 is 11.9 Å². The highest BCUT2D eigenvalue weighted by molar-refractivity contribution is 5.91. The Labute approximate surface area is 103 Å². The monoisotopic (exact) mass is 255 g/mol. The smallest absolute Gasteiger partial charge is 0.305 e. The first kappa shape index (κ1) is 12.5. The number of rotatable bonds is 3. The van der Waals surface area contributed by atoms with Crippen LogP contribution in [0.3, 0.4) is 0 Å². The highest BCUT2D eigenvalue weighted by Gasteiger charge is 2.31. The molecule has 98 valence electrons. The first-order chi connectivity index (χ1) is 8.58. The fourth-order valence-electron chi connectivity index (χ4n) is 1.81. The Morgan fingerprint density at radius 2 is 2.33 bits per heavy atom. The highest BCUT2D eigenvalue weighted by atomic mass is 16.5. The zero-order valence-corrected chi connectivity index (χ0v) is 9.83. The third-order valence-electron chi connectivity index (χ3n) is 2.62. The Bertz CT molecular complexity index is 458. The molecule has 1 unspecified atom stereocenters. The molecule has 2 heterocycles. The van der Waals surface area contributed by atoms with Crippen LogP contribution in [0.4, 0.5) is 0 Å². The molecule has 1 amide bonds. The van der Waals surface area contributed by atoms with Crippen LogP contribution in [0.15, 0.2) is 4.52 Å². The van der Waals surface area contributed by atoms with E-state index in [0.717, 1.165) is 0 Å². The zero-order valence-electron chi connectivity index (χ0n) is 9.83. The number of amides is 1. The molecule has 0 aliphatic carbocycles. The summed E-state index contributed by atoms with van der Waals surface area (Å²) in [6, 6.07) is -0.498. The third kappa shape index (κ3) is 2.65. The number of carbonyl (C=O) groups excluding carboxylic acids is 1. The molecule has 1 aromatic rings. The van der Waals surface area contributed by atoms with Crippen molar-refractivity contribution in [1.82, 2.24) is 15.0 Å². The van der Waals surface area contributed by atoms with Crippen molar-refractivity contribution in [3.8, 4) is 0 Å². The van der Waals surface area contributed by atoms with E-state index in [0.29, 0.717) is 19.0 Å². The fraction of sp³-hybridized carbons (Fsp3) is 0.600. The zero-order chi connectivity index (χ0) is 13.1. The summed E-state index contributed by atoms with van der Waals surface area (Å²) in [6.45, 7) is 2.48. The Kier molecular flexibility index (Phi) is 3.56. The fourth-order valence-corrected chi connectivity index (χ4v) is 1.81. The van der Waals surface area contributed by atoms with Gasteiger partial charge in [-0.15, -0.1) is 0 Å². The largest absolute Gasteiger partial charge is 0.481 e. The van der Waals surface area contributed by atoms with E-state index in [2.05, 4.69) is 10.1 Å². The van der Waals surface area contributed by atoms with E-state index in [4.69, 9.17) is 14.4 Å². The maximum absolute atomic E-state index is 12.1. The molecule has 2 rings (SSSR count). The van der Waals surface area contributed by atoms with E-state index in [1.165, 1.54) is 4.90 Å². The van der Waals surface area contributed by atoms with Crippen LogP contribution in [0, 0.1) is 6.92 Å². The summed E-state index contributed by atoms with van der Waals surface area (Å²) in [5.41, 5.74) is 0. The molecule has 0 saturated carbocycles. The molecule has 0 spiro atoms. The molecule has 8 nitrogen and oxygen atoms in total. The summed E-state index contributed by atoms with van der Waals surface area (Å²) >= 11 is 0. The summed E-state index contributed by atoms with van der Waals surface area (Å²) in [4.78, 5) is 28.1. The van der Waals surface area contributed by atoms with Gasteiger partial charge in [0.15, 0.2) is 0 Å². The molecule has 0 aromatic carbocycles. The molecule has 1 saturated heterocycles. The van der Waals surface area contributed by atoms with Gasteiger partial charge in [0.25, 0.3) is 11.7 Å². The Morgan fingerprint density at radius 3 is 2.94 bits per heavy atom. The van der Waals surface area contributed by atoms with Gasteiger partial charge in [-0.05, 0) is 0 Å². The molecule has 1 N–H and O–H groups in total. The molecule has 0 radical (unpaired) electrons. The number of aromatic nitrogens is 2. The molecule has 0 bridgehead atoms. The number of nitrogens with zero attached hydrogens (tertiary/aromatic N) is 3. The number of hydrogen-bond donors (Lipinski definition) is 1. The second-order valence-corrected chi connectivity index (χ2v) is 3.96. The van der Waals surface area contributed by atoms with Crippen LogP contribution in [0.1, 0.15) is 22.9 Å². The minimum absolute atomic E-state index is 0.0511. The lowest BCUT2D eigenvalue weighted by Crippen LogP contribution is -2.49. The predicted octanol–water partition coefficient (Wildman–Crippen LogP) is -0.306. The third-order valence-corrected chi connectivity index (χ3v) is 2.62. The van der Waals surface area contributed by atoms with Gasteiger partial charge < -0.3 is 19.3 Å². The Balaban J connectivity index is 2.13. The lowest BCUT2D eigenvalue weighted by molar-refractivity contribution is -0.139. The number of morpholine rings is 1. The van der Waals surface area contributed by atoms with Crippen molar-refractivity contribution in [2.24, 2.45) is 0 Å². The Hall–Kier alpha value is -1.96. The summed E-state index contributed by atoms with van der Waals surface area (Å²) in [7, 11) is 0. The second-order valence-electron chi connectivity index (χ2n) is 3.96. The SMILES string of the molecule is Cc1nc(C(=O)N2CCOCC2CC(=O)O)no1. The van der Waals surface area contributed by atoms with Crippen LogP contribution in [0.2, 0.25) is 0 Å². The number of aryl methyl sites for hydroxylation is 1. The van der Waals surface area contributed by atoms with E-state index in [1.807, 2.05) is 0 Å². The van der Waals surface area contributed by atoms with Gasteiger partial charge in [-0.1, -0.05) is 5.16 Å². The van der Waals surface area contributed by atoms with Crippen LogP contribution in [-0.2, 0) is 9.53 Å². The van der Waals surface area contributed by atoms with Crippen molar-refractivity contribution in [2.45, 2.75) is 19.4 Å². The van der Waals surface area contributed by atoms with Crippen molar-refractivity contribution in [1.29, 1.82) is 0 Å². The molecule has 1 fully saturated rings. The molecule has 18 heavy (non-hydrogen) atoms. The van der Waals surface area contributed by atoms with Gasteiger partial charge in [0.1, 0.15) is 0 Å². The van der Waals surface area contributed by atoms with E-state index in [9.17, 15) is 9.59 Å². The normalized spacial score (nSPS) is 19.8. The van der Waals surface area contributed by atoms with Crippen molar-refractivity contribution in [3.63, 3.8) is 0 Å². The average Bonchev–Trinajstić information content (AvgIpc) is 2.75. The number of carbonyl (C=O) groups is 2. The van der Waals surface area contributed by atoms with Crippen LogP contribution in [0.5, 0.6) is 0 Å². The van der Waals surface area contributed by atoms with Gasteiger partial charge in [0.05, 0.1) is 25.7 Å². The Morgan fingerprint density at radius 1 is 1.56 bits per heavy atom. The summed E-state index contributed by atoms with van der Waals surface area (Å²) in [5, 5.41) is 12.3. The quantitative estimate of drug-likeness (QED) is 0.789. The van der Waals surface area contributed by atoms with Gasteiger partial charge in [-0.3, -0.25) is 9.59 Å². The number of carboxylic acids is 1. The minimum Gasteiger partial charge on any atom is -0.481 e. The van der Waals surface area contributed by atoms with Gasteiger partial charge in [0, 0.05) is 13.5 Å². The highest BCUT2D eigenvalue weighted by Crippen LogP contribution is 2.13. The number of hydrogen-bond acceptors (Lipinski definition) is 6. The van der Waals surface area contributed by atoms with E-state index in [1.54, 1.807) is 6.92 Å². The number of ether oxygens (including phenoxy) is 1. The molecule has 1 aliphatic rings. The standard InChI is InChI=1S/C10H13N3O5/c1-6-11-9(12-18-6)10(16)13-2-3-17-5-7(13)4-8(14)15/h7H,2-5H2,1H3,(H,14,15). The first-order valence-electron chi connectivity index (χ1n) is 5.48. The first-order valence-corrected chi connectivity index (χ1v) is 5.48. The van der Waals surface area contributed by atoms with Crippen LogP contribution in [-0.4, -0.2) is 57.8 Å².